The Hall–Kier alpha value is -0.800. The fraction of sp³-hybridized carbons (Fsp3) is 0.750. The van der Waals surface area contributed by atoms with Crippen molar-refractivity contribution in [2.75, 3.05) is 0 Å². The van der Waals surface area contributed by atoms with Gasteiger partial charge in [-0.3, -0.25) is 0 Å². The van der Waals surface area contributed by atoms with Gasteiger partial charge in [0.05, 0.1) is 0 Å². The maximum Gasteiger partial charge on any atom is 0.508 e. The van der Waals surface area contributed by atoms with Crippen LogP contribution in [0.15, 0.2) is 0 Å². The lowest BCUT2D eigenvalue weighted by Crippen LogP contribution is -2.09. The van der Waals surface area contributed by atoms with Crippen LogP contribution in [0, 0.1) is 0 Å². The maximum atomic E-state index is 11.8. The molecule has 0 aromatic heterocycles. The molecular weight excluding hydrogens is 115 g/mol. The maximum absolute atomic E-state index is 11.8. The Labute approximate surface area is 46.1 Å². The lowest BCUT2D eigenvalue weighted by Gasteiger charge is -2.00. The molecule has 0 spiro atoms. The second-order valence-corrected chi connectivity index (χ2v) is 1.20. The number of hydrogen-bond acceptors (Lipinski definition) is 2. The molecule has 1 N–H and O–H groups in total. The van der Waals surface area contributed by atoms with Crippen LogP contribution in [0.3, 0.4) is 0 Å². The van der Waals surface area contributed by atoms with E-state index in [2.05, 4.69) is 4.74 Å². The smallest absolute Gasteiger partial charge is 0.450 e. The number of carbonyl (C=O) groups is 1. The Morgan fingerprint density at radius 1 is 2.00 bits per heavy atom. The van der Waals surface area contributed by atoms with E-state index < -0.39 is 12.5 Å². The lowest BCUT2D eigenvalue weighted by molar-refractivity contribution is -0.0161. The molecule has 0 aliphatic heterocycles. The van der Waals surface area contributed by atoms with Gasteiger partial charge in [-0.05, 0) is 0 Å². The summed E-state index contributed by atoms with van der Waals surface area (Å²) in [5, 5.41) is 7.75. The van der Waals surface area contributed by atoms with Gasteiger partial charge in [-0.15, -0.1) is 0 Å². The van der Waals surface area contributed by atoms with Crippen LogP contribution in [0.4, 0.5) is 9.18 Å². The Balaban J connectivity index is 3.24. The van der Waals surface area contributed by atoms with E-state index in [1.807, 2.05) is 0 Å². The molecule has 0 heterocycles. The molecular formula is C4H7FO3. The summed E-state index contributed by atoms with van der Waals surface area (Å²) in [6.07, 6.45) is -3.18. The molecule has 0 saturated heterocycles. The van der Waals surface area contributed by atoms with Crippen molar-refractivity contribution in [1.29, 1.82) is 0 Å². The minimum absolute atomic E-state index is 0.0618. The number of halogens is 1. The van der Waals surface area contributed by atoms with Crippen molar-refractivity contribution in [3.8, 4) is 0 Å². The highest BCUT2D eigenvalue weighted by molar-refractivity contribution is 5.56. The highest BCUT2D eigenvalue weighted by Crippen LogP contribution is 1.97. The topological polar surface area (TPSA) is 46.5 Å². The van der Waals surface area contributed by atoms with E-state index in [0.717, 1.165) is 0 Å². The molecule has 0 fully saturated rings. The molecule has 0 aromatic rings. The van der Waals surface area contributed by atoms with Gasteiger partial charge in [0.2, 0.25) is 6.36 Å². The van der Waals surface area contributed by atoms with Gasteiger partial charge < -0.3 is 9.84 Å². The SMILES string of the molecule is CCC(F)OC(=O)O. The monoisotopic (exact) mass is 122 g/mol. The van der Waals surface area contributed by atoms with E-state index in [9.17, 15) is 9.18 Å². The molecule has 0 aliphatic rings. The zero-order valence-corrected chi connectivity index (χ0v) is 4.43. The van der Waals surface area contributed by atoms with Gasteiger partial charge in [0.1, 0.15) is 0 Å². The molecule has 4 heteroatoms. The molecule has 0 radical (unpaired) electrons. The summed E-state index contributed by atoms with van der Waals surface area (Å²) in [5.74, 6) is 0. The number of alkyl halides is 1. The average Bonchev–Trinajstić information content (AvgIpc) is 1.65. The molecule has 8 heavy (non-hydrogen) atoms. The van der Waals surface area contributed by atoms with Crippen LogP contribution in [-0.2, 0) is 4.74 Å². The van der Waals surface area contributed by atoms with Gasteiger partial charge in [-0.1, -0.05) is 6.92 Å². The zero-order valence-electron chi connectivity index (χ0n) is 4.43. The molecule has 3 nitrogen and oxygen atoms in total. The molecule has 0 amide bonds. The Morgan fingerprint density at radius 2 is 2.50 bits per heavy atom. The number of ether oxygens (including phenoxy) is 1. The van der Waals surface area contributed by atoms with E-state index in [-0.39, 0.29) is 6.42 Å². The van der Waals surface area contributed by atoms with Crippen molar-refractivity contribution in [1.82, 2.24) is 0 Å². The van der Waals surface area contributed by atoms with Crippen molar-refractivity contribution in [2.24, 2.45) is 0 Å². The van der Waals surface area contributed by atoms with Gasteiger partial charge >= 0.3 is 6.16 Å². The Bertz CT molecular complexity index is 83.4. The summed E-state index contributed by atoms with van der Waals surface area (Å²) in [4.78, 5) is 9.51. The number of carboxylic acid groups (broad SMARTS) is 1. The van der Waals surface area contributed by atoms with Crippen molar-refractivity contribution >= 4 is 6.16 Å². The quantitative estimate of drug-likeness (QED) is 0.563. The first-order valence-electron chi connectivity index (χ1n) is 2.20. The molecule has 0 bridgehead atoms. The second-order valence-electron chi connectivity index (χ2n) is 1.20. The Kier molecular flexibility index (Phi) is 2.91. The molecule has 0 aliphatic carbocycles. The third-order valence-electron chi connectivity index (χ3n) is 0.550. The van der Waals surface area contributed by atoms with Crippen LogP contribution >= 0.6 is 0 Å². The number of hydrogen-bond donors (Lipinski definition) is 1. The van der Waals surface area contributed by atoms with Gasteiger partial charge in [0.25, 0.3) is 0 Å². The van der Waals surface area contributed by atoms with Gasteiger partial charge in [0, 0.05) is 6.42 Å². The van der Waals surface area contributed by atoms with E-state index in [4.69, 9.17) is 5.11 Å². The van der Waals surface area contributed by atoms with Crippen LogP contribution in [0.25, 0.3) is 0 Å². The van der Waals surface area contributed by atoms with Gasteiger partial charge in [0.15, 0.2) is 0 Å². The van der Waals surface area contributed by atoms with E-state index in [1.54, 1.807) is 0 Å². The lowest BCUT2D eigenvalue weighted by atomic mass is 10.5. The summed E-state index contributed by atoms with van der Waals surface area (Å²) >= 11 is 0. The predicted molar refractivity (Wildman–Crippen MR) is 24.3 cm³/mol. The van der Waals surface area contributed by atoms with Crippen molar-refractivity contribution < 1.29 is 19.0 Å². The molecule has 1 atom stereocenters. The first-order chi connectivity index (χ1) is 3.66. The minimum atomic E-state index is -1.67. The molecule has 0 rings (SSSR count). The standard InChI is InChI=1S/C4H7FO3/c1-2-3(5)8-4(6)7/h3H,2H2,1H3,(H,6,7). The highest BCUT2D eigenvalue weighted by Gasteiger charge is 2.06. The zero-order chi connectivity index (χ0) is 6.57. The first kappa shape index (κ1) is 7.20. The fourth-order valence-corrected chi connectivity index (χ4v) is 0.193. The van der Waals surface area contributed by atoms with Gasteiger partial charge in [-0.2, -0.15) is 0 Å². The Morgan fingerprint density at radius 3 is 2.62 bits per heavy atom. The third-order valence-corrected chi connectivity index (χ3v) is 0.550. The molecule has 48 valence electrons. The summed E-state index contributed by atoms with van der Waals surface area (Å²) in [5.41, 5.74) is 0. The first-order valence-corrected chi connectivity index (χ1v) is 2.20. The summed E-state index contributed by atoms with van der Waals surface area (Å²) in [6.45, 7) is 1.49. The predicted octanol–water partition coefficient (Wildman–Crippen LogP) is 1.39. The van der Waals surface area contributed by atoms with Crippen LogP contribution in [0.5, 0.6) is 0 Å². The van der Waals surface area contributed by atoms with Crippen molar-refractivity contribution in [2.45, 2.75) is 19.7 Å². The van der Waals surface area contributed by atoms with Crippen molar-refractivity contribution in [3.05, 3.63) is 0 Å². The second kappa shape index (κ2) is 3.23. The van der Waals surface area contributed by atoms with Crippen LogP contribution in [0.1, 0.15) is 13.3 Å². The molecule has 0 saturated carbocycles. The van der Waals surface area contributed by atoms with Crippen LogP contribution in [-0.4, -0.2) is 17.6 Å². The number of rotatable bonds is 2. The summed E-state index contributed by atoms with van der Waals surface area (Å²) in [7, 11) is 0. The highest BCUT2D eigenvalue weighted by atomic mass is 19.1. The normalized spacial score (nSPS) is 12.8. The molecule has 0 aromatic carbocycles. The van der Waals surface area contributed by atoms with E-state index in [1.165, 1.54) is 6.92 Å². The van der Waals surface area contributed by atoms with E-state index in [0.29, 0.717) is 0 Å². The third kappa shape index (κ3) is 3.39. The molecule has 1 unspecified atom stereocenters. The largest absolute Gasteiger partial charge is 0.508 e. The van der Waals surface area contributed by atoms with Crippen LogP contribution in [0.2, 0.25) is 0 Å². The average molecular weight is 122 g/mol. The van der Waals surface area contributed by atoms with Crippen molar-refractivity contribution in [3.63, 3.8) is 0 Å². The summed E-state index contributed by atoms with van der Waals surface area (Å²) in [6, 6.07) is 0. The van der Waals surface area contributed by atoms with Gasteiger partial charge in [-0.25, -0.2) is 9.18 Å². The fourth-order valence-electron chi connectivity index (χ4n) is 0.193. The van der Waals surface area contributed by atoms with E-state index >= 15 is 0 Å². The summed E-state index contributed by atoms with van der Waals surface area (Å²) < 4.78 is 15.4. The minimum Gasteiger partial charge on any atom is -0.450 e. The van der Waals surface area contributed by atoms with Crippen LogP contribution < -0.4 is 0 Å².